The van der Waals surface area contributed by atoms with Crippen LogP contribution in [0.4, 0.5) is 13.2 Å². The molecule has 1 nitrogen and oxygen atoms in total. The number of hydrogen-bond donors (Lipinski definition) is 1. The Labute approximate surface area is 112 Å². The molecule has 0 radical (unpaired) electrons. The van der Waals surface area contributed by atoms with E-state index in [0.717, 1.165) is 32.1 Å². The minimum absolute atomic E-state index is 0.0581. The van der Waals surface area contributed by atoms with Gasteiger partial charge in [0.1, 0.15) is 0 Å². The first-order chi connectivity index (χ1) is 8.64. The van der Waals surface area contributed by atoms with Gasteiger partial charge in [0.25, 0.3) is 0 Å². The van der Waals surface area contributed by atoms with Crippen LogP contribution in [0.3, 0.4) is 0 Å². The lowest BCUT2D eigenvalue weighted by Crippen LogP contribution is -2.44. The molecule has 4 heteroatoms. The summed E-state index contributed by atoms with van der Waals surface area (Å²) in [6.45, 7) is 5.35. The summed E-state index contributed by atoms with van der Waals surface area (Å²) in [7, 11) is 0. The second kappa shape index (κ2) is 3.69. The monoisotopic (exact) mass is 276 g/mol. The van der Waals surface area contributed by atoms with Crippen LogP contribution in [0.25, 0.3) is 0 Å². The van der Waals surface area contributed by atoms with E-state index in [1.54, 1.807) is 0 Å². The van der Waals surface area contributed by atoms with E-state index in [2.05, 4.69) is 13.8 Å². The van der Waals surface area contributed by atoms with Crippen molar-refractivity contribution in [3.8, 4) is 0 Å². The molecule has 7 atom stereocenters. The van der Waals surface area contributed by atoms with Gasteiger partial charge in [-0.25, -0.2) is 0 Å². The third-order valence-corrected chi connectivity index (χ3v) is 6.62. The predicted octanol–water partition coefficient (Wildman–Crippen LogP) is 4.01. The lowest BCUT2D eigenvalue weighted by Gasteiger charge is -2.35. The van der Waals surface area contributed by atoms with E-state index in [1.807, 2.05) is 0 Å². The summed E-state index contributed by atoms with van der Waals surface area (Å²) in [6.07, 6.45) is -1.53. The fourth-order valence-corrected chi connectivity index (χ4v) is 5.68. The van der Waals surface area contributed by atoms with Crippen molar-refractivity contribution in [1.82, 2.24) is 0 Å². The van der Waals surface area contributed by atoms with Crippen LogP contribution < -0.4 is 0 Å². The molecule has 0 heterocycles. The van der Waals surface area contributed by atoms with E-state index in [4.69, 9.17) is 0 Å². The largest absolute Gasteiger partial charge is 0.416 e. The van der Waals surface area contributed by atoms with Crippen molar-refractivity contribution in [2.75, 3.05) is 0 Å². The molecule has 2 bridgehead atoms. The Hall–Kier alpha value is -0.250. The van der Waals surface area contributed by atoms with E-state index in [9.17, 15) is 18.3 Å². The summed E-state index contributed by atoms with van der Waals surface area (Å²) in [6, 6.07) is 0. The molecule has 1 spiro atoms. The number of alkyl halides is 3. The third-order valence-electron chi connectivity index (χ3n) is 6.62. The fraction of sp³-hybridized carbons (Fsp3) is 1.00. The van der Waals surface area contributed by atoms with Gasteiger partial charge in [0, 0.05) is 0 Å². The molecule has 0 aliphatic heterocycles. The minimum atomic E-state index is -4.51. The minimum Gasteiger partial charge on any atom is -0.381 e. The molecule has 7 unspecified atom stereocenters. The molecule has 0 aromatic carbocycles. The molecule has 1 N–H and O–H groups in total. The zero-order chi connectivity index (χ0) is 14.2. The van der Waals surface area contributed by atoms with Crippen LogP contribution in [-0.4, -0.2) is 16.9 Å². The molecular formula is C15H23F3O. The molecule has 3 saturated carbocycles. The summed E-state index contributed by atoms with van der Waals surface area (Å²) >= 11 is 0. The Morgan fingerprint density at radius 2 is 1.89 bits per heavy atom. The van der Waals surface area contributed by atoms with Crippen molar-refractivity contribution in [3.63, 3.8) is 0 Å². The van der Waals surface area contributed by atoms with E-state index >= 15 is 0 Å². The quantitative estimate of drug-likeness (QED) is 0.825. The predicted molar refractivity (Wildman–Crippen MR) is 66.4 cm³/mol. The molecule has 0 aromatic rings. The lowest BCUT2D eigenvalue weighted by molar-refractivity contribution is -0.259. The smallest absolute Gasteiger partial charge is 0.381 e. The van der Waals surface area contributed by atoms with Crippen molar-refractivity contribution in [1.29, 1.82) is 0 Å². The zero-order valence-electron chi connectivity index (χ0n) is 11.8. The summed E-state index contributed by atoms with van der Waals surface area (Å²) in [5, 5.41) is 9.74. The van der Waals surface area contributed by atoms with Crippen LogP contribution in [0, 0.1) is 35.0 Å². The second-order valence-electron chi connectivity index (χ2n) is 7.43. The van der Waals surface area contributed by atoms with E-state index in [-0.39, 0.29) is 12.3 Å². The summed E-state index contributed by atoms with van der Waals surface area (Å²) in [4.78, 5) is 0. The van der Waals surface area contributed by atoms with Crippen LogP contribution in [0.15, 0.2) is 0 Å². The number of fused-ring (bicyclic) bond motifs is 1. The normalized spacial score (nSPS) is 51.0. The van der Waals surface area contributed by atoms with Gasteiger partial charge in [0.15, 0.2) is 5.60 Å². The van der Waals surface area contributed by atoms with Gasteiger partial charge in [-0.05, 0) is 61.2 Å². The highest BCUT2D eigenvalue weighted by Crippen LogP contribution is 2.81. The summed E-state index contributed by atoms with van der Waals surface area (Å²) < 4.78 is 38.5. The molecule has 110 valence electrons. The van der Waals surface area contributed by atoms with Crippen molar-refractivity contribution in [2.45, 2.75) is 58.2 Å². The molecule has 3 aliphatic carbocycles. The Bertz CT molecular complexity index is 389. The molecule has 19 heavy (non-hydrogen) atoms. The average Bonchev–Trinajstić information content (AvgIpc) is 2.62. The van der Waals surface area contributed by atoms with E-state index in [1.165, 1.54) is 0 Å². The van der Waals surface area contributed by atoms with Crippen LogP contribution in [0.5, 0.6) is 0 Å². The number of halogens is 3. The topological polar surface area (TPSA) is 20.2 Å². The Balaban J connectivity index is 1.75. The van der Waals surface area contributed by atoms with Gasteiger partial charge >= 0.3 is 6.18 Å². The molecule has 0 amide bonds. The van der Waals surface area contributed by atoms with Crippen LogP contribution in [0.2, 0.25) is 0 Å². The first-order valence-electron chi connectivity index (χ1n) is 7.43. The molecule has 3 fully saturated rings. The highest BCUT2D eigenvalue weighted by molar-refractivity contribution is 5.23. The molecule has 0 aromatic heterocycles. The van der Waals surface area contributed by atoms with Crippen molar-refractivity contribution >= 4 is 0 Å². The van der Waals surface area contributed by atoms with Crippen LogP contribution in [-0.2, 0) is 0 Å². The first-order valence-corrected chi connectivity index (χ1v) is 7.43. The van der Waals surface area contributed by atoms with Crippen molar-refractivity contribution < 1.29 is 18.3 Å². The molecular weight excluding hydrogens is 253 g/mol. The summed E-state index contributed by atoms with van der Waals surface area (Å²) in [5.41, 5.74) is -2.18. The number of hydrogen-bond acceptors (Lipinski definition) is 1. The van der Waals surface area contributed by atoms with Gasteiger partial charge in [0.05, 0.1) is 0 Å². The Morgan fingerprint density at radius 3 is 2.37 bits per heavy atom. The number of rotatable bonds is 3. The second-order valence-corrected chi connectivity index (χ2v) is 7.43. The van der Waals surface area contributed by atoms with Gasteiger partial charge in [-0.15, -0.1) is 0 Å². The van der Waals surface area contributed by atoms with Crippen molar-refractivity contribution in [2.24, 2.45) is 35.0 Å². The number of aliphatic hydroxyl groups is 1. The summed E-state index contributed by atoms with van der Waals surface area (Å²) in [5.74, 6) is 2.52. The van der Waals surface area contributed by atoms with Gasteiger partial charge in [0.2, 0.25) is 0 Å². The highest BCUT2D eigenvalue weighted by Gasteiger charge is 2.75. The lowest BCUT2D eigenvalue weighted by atomic mass is 9.74. The van der Waals surface area contributed by atoms with Gasteiger partial charge in [-0.3, -0.25) is 0 Å². The van der Waals surface area contributed by atoms with Gasteiger partial charge in [-0.2, -0.15) is 13.2 Å². The van der Waals surface area contributed by atoms with Crippen molar-refractivity contribution in [3.05, 3.63) is 0 Å². The molecule has 3 rings (SSSR count). The van der Waals surface area contributed by atoms with Crippen LogP contribution in [0.1, 0.15) is 46.5 Å². The SMILES string of the molecule is CCC1C2CC3(CC2CC(C)(O)C(F)(F)F)C(C)C13. The maximum atomic E-state index is 12.8. The third kappa shape index (κ3) is 1.64. The highest BCUT2D eigenvalue weighted by atomic mass is 19.4. The molecule has 0 saturated heterocycles. The average molecular weight is 276 g/mol. The van der Waals surface area contributed by atoms with E-state index in [0.29, 0.717) is 23.2 Å². The Morgan fingerprint density at radius 1 is 1.26 bits per heavy atom. The fourth-order valence-electron chi connectivity index (χ4n) is 5.68. The maximum Gasteiger partial charge on any atom is 0.416 e. The first kappa shape index (κ1) is 13.7. The molecule has 3 aliphatic rings. The van der Waals surface area contributed by atoms with E-state index < -0.39 is 11.8 Å². The van der Waals surface area contributed by atoms with Gasteiger partial charge < -0.3 is 5.11 Å². The zero-order valence-corrected chi connectivity index (χ0v) is 11.8. The Kier molecular flexibility index (Phi) is 2.66. The van der Waals surface area contributed by atoms with Crippen LogP contribution >= 0.6 is 0 Å². The van der Waals surface area contributed by atoms with Gasteiger partial charge in [-0.1, -0.05) is 20.3 Å². The maximum absolute atomic E-state index is 12.8. The standard InChI is InChI=1S/C15H23F3O/c1-4-10-11-7-14(8(2)12(10)14)6-9(11)5-13(3,19)15(16,17)18/h8-12,19H,4-7H2,1-3H3.